The second-order valence-electron chi connectivity index (χ2n) is 5.59. The molecule has 0 saturated heterocycles. The lowest BCUT2D eigenvalue weighted by atomic mass is 9.85. The Kier molecular flexibility index (Phi) is 4.23. The molecule has 2 rings (SSSR count). The van der Waals surface area contributed by atoms with E-state index in [1.54, 1.807) is 0 Å². The van der Waals surface area contributed by atoms with Crippen LogP contribution < -0.4 is 0 Å². The molecule has 0 N–H and O–H groups in total. The van der Waals surface area contributed by atoms with Crippen LogP contribution in [0.4, 0.5) is 0 Å². The lowest BCUT2D eigenvalue weighted by molar-refractivity contribution is -0.0676. The predicted molar refractivity (Wildman–Crippen MR) is 63.9 cm³/mol. The van der Waals surface area contributed by atoms with Crippen molar-refractivity contribution in [3.05, 3.63) is 0 Å². The van der Waals surface area contributed by atoms with Gasteiger partial charge in [0.2, 0.25) is 0 Å². The van der Waals surface area contributed by atoms with E-state index in [1.165, 1.54) is 38.5 Å². The van der Waals surface area contributed by atoms with Gasteiger partial charge < -0.3 is 4.74 Å². The third-order valence-corrected chi connectivity index (χ3v) is 4.12. The fraction of sp³-hybridized carbons (Fsp3) is 0.929. The summed E-state index contributed by atoms with van der Waals surface area (Å²) >= 11 is 0. The number of hydrogen-bond acceptors (Lipinski definition) is 2. The molecule has 4 unspecified atom stereocenters. The molecule has 4 atom stereocenters. The minimum absolute atomic E-state index is 0.158. The predicted octanol–water partition coefficient (Wildman–Crippen LogP) is 3.66. The van der Waals surface area contributed by atoms with Crippen molar-refractivity contribution in [2.45, 2.75) is 70.5 Å². The molecule has 2 aliphatic rings. The highest BCUT2D eigenvalue weighted by Crippen LogP contribution is 2.32. The van der Waals surface area contributed by atoms with Crippen LogP contribution in [-0.2, 0) is 4.74 Å². The van der Waals surface area contributed by atoms with Crippen LogP contribution >= 0.6 is 0 Å². The van der Waals surface area contributed by atoms with E-state index in [0.717, 1.165) is 18.8 Å². The normalized spacial score (nSPS) is 40.2. The van der Waals surface area contributed by atoms with Gasteiger partial charge in [-0.15, -0.1) is 0 Å². The maximum Gasteiger partial charge on any atom is 0.0736 e. The molecule has 0 aromatic carbocycles. The van der Waals surface area contributed by atoms with Crippen LogP contribution in [0.1, 0.15) is 58.3 Å². The summed E-state index contributed by atoms with van der Waals surface area (Å²) in [5, 5.41) is 9.11. The van der Waals surface area contributed by atoms with Crippen molar-refractivity contribution < 1.29 is 4.74 Å². The number of hydrogen-bond donors (Lipinski definition) is 0. The zero-order chi connectivity index (χ0) is 11.4. The van der Waals surface area contributed by atoms with Crippen LogP contribution in [0, 0.1) is 23.2 Å². The summed E-state index contributed by atoms with van der Waals surface area (Å²) in [5.41, 5.74) is 0. The molecule has 0 aromatic heterocycles. The molecule has 2 saturated carbocycles. The first-order valence-corrected chi connectivity index (χ1v) is 6.84. The molecule has 0 radical (unpaired) electrons. The summed E-state index contributed by atoms with van der Waals surface area (Å²) in [7, 11) is 0. The summed E-state index contributed by atoms with van der Waals surface area (Å²) in [6, 6.07) is 2.43. The maximum absolute atomic E-state index is 9.11. The Bertz CT molecular complexity index is 258. The monoisotopic (exact) mass is 221 g/mol. The highest BCUT2D eigenvalue weighted by Gasteiger charge is 2.29. The fourth-order valence-corrected chi connectivity index (χ4v) is 3.16. The van der Waals surface area contributed by atoms with Crippen LogP contribution in [0.5, 0.6) is 0 Å². The minimum atomic E-state index is 0.158. The Morgan fingerprint density at radius 3 is 2.62 bits per heavy atom. The number of nitrogens with zero attached hydrogens (tertiary/aromatic N) is 1. The molecule has 90 valence electrons. The summed E-state index contributed by atoms with van der Waals surface area (Å²) in [6.45, 7) is 2.32. The molecule has 2 aliphatic carbocycles. The van der Waals surface area contributed by atoms with E-state index in [4.69, 9.17) is 10.00 Å². The molecule has 2 fully saturated rings. The van der Waals surface area contributed by atoms with Gasteiger partial charge in [0.05, 0.1) is 24.2 Å². The zero-order valence-electron chi connectivity index (χ0n) is 10.3. The van der Waals surface area contributed by atoms with Gasteiger partial charge in [-0.2, -0.15) is 5.26 Å². The van der Waals surface area contributed by atoms with Gasteiger partial charge >= 0.3 is 0 Å². The van der Waals surface area contributed by atoms with E-state index >= 15 is 0 Å². The van der Waals surface area contributed by atoms with E-state index < -0.39 is 0 Å². The van der Waals surface area contributed by atoms with Gasteiger partial charge in [-0.3, -0.25) is 0 Å². The second-order valence-corrected chi connectivity index (χ2v) is 5.59. The van der Waals surface area contributed by atoms with Crippen molar-refractivity contribution in [2.75, 3.05) is 0 Å². The van der Waals surface area contributed by atoms with Gasteiger partial charge in [0.1, 0.15) is 0 Å². The molecule has 0 aromatic rings. The first-order chi connectivity index (χ1) is 7.79. The topological polar surface area (TPSA) is 33.0 Å². The number of ether oxygens (including phenoxy) is 1. The van der Waals surface area contributed by atoms with Gasteiger partial charge in [-0.05, 0) is 31.6 Å². The van der Waals surface area contributed by atoms with Crippen LogP contribution in [0.25, 0.3) is 0 Å². The quantitative estimate of drug-likeness (QED) is 0.713. The Morgan fingerprint density at radius 2 is 1.88 bits per heavy atom. The maximum atomic E-state index is 9.11. The second kappa shape index (κ2) is 5.68. The van der Waals surface area contributed by atoms with Gasteiger partial charge in [0.15, 0.2) is 0 Å². The number of nitriles is 1. The van der Waals surface area contributed by atoms with E-state index in [2.05, 4.69) is 13.0 Å². The SMILES string of the molecule is CC1CCCC(OC2CCCCC2C#N)C1. The summed E-state index contributed by atoms with van der Waals surface area (Å²) in [6.07, 6.45) is 10.3. The van der Waals surface area contributed by atoms with Crippen molar-refractivity contribution >= 4 is 0 Å². The molecule has 0 bridgehead atoms. The van der Waals surface area contributed by atoms with Crippen molar-refractivity contribution in [1.82, 2.24) is 0 Å². The Hall–Kier alpha value is -0.550. The van der Waals surface area contributed by atoms with Gasteiger partial charge in [-0.25, -0.2) is 0 Å². The Labute approximate surface area is 99.0 Å². The highest BCUT2D eigenvalue weighted by molar-refractivity contribution is 4.92. The first-order valence-electron chi connectivity index (χ1n) is 6.84. The largest absolute Gasteiger partial charge is 0.374 e. The summed E-state index contributed by atoms with van der Waals surface area (Å²) in [5.74, 6) is 0.967. The Morgan fingerprint density at radius 1 is 1.06 bits per heavy atom. The van der Waals surface area contributed by atoms with E-state index in [9.17, 15) is 0 Å². The van der Waals surface area contributed by atoms with Crippen molar-refractivity contribution in [1.29, 1.82) is 5.26 Å². The van der Waals surface area contributed by atoms with Crippen molar-refractivity contribution in [2.24, 2.45) is 11.8 Å². The van der Waals surface area contributed by atoms with Crippen molar-refractivity contribution in [3.63, 3.8) is 0 Å². The summed E-state index contributed by atoms with van der Waals surface area (Å²) in [4.78, 5) is 0. The molecule has 0 amide bonds. The number of rotatable bonds is 2. The van der Waals surface area contributed by atoms with Crippen LogP contribution in [0.3, 0.4) is 0 Å². The molecule has 16 heavy (non-hydrogen) atoms. The van der Waals surface area contributed by atoms with Crippen LogP contribution in [0.15, 0.2) is 0 Å². The smallest absolute Gasteiger partial charge is 0.0736 e. The highest BCUT2D eigenvalue weighted by atomic mass is 16.5. The lowest BCUT2D eigenvalue weighted by Crippen LogP contribution is -2.33. The first kappa shape index (κ1) is 11.9. The third kappa shape index (κ3) is 2.98. The van der Waals surface area contributed by atoms with E-state index in [1.807, 2.05) is 0 Å². The minimum Gasteiger partial charge on any atom is -0.374 e. The average molecular weight is 221 g/mol. The van der Waals surface area contributed by atoms with Gasteiger partial charge in [-0.1, -0.05) is 32.6 Å². The average Bonchev–Trinajstić information content (AvgIpc) is 2.30. The molecule has 2 nitrogen and oxygen atoms in total. The van der Waals surface area contributed by atoms with Crippen LogP contribution in [-0.4, -0.2) is 12.2 Å². The van der Waals surface area contributed by atoms with Gasteiger partial charge in [0, 0.05) is 0 Å². The molecule has 2 heteroatoms. The van der Waals surface area contributed by atoms with Crippen molar-refractivity contribution in [3.8, 4) is 6.07 Å². The summed E-state index contributed by atoms with van der Waals surface area (Å²) < 4.78 is 6.18. The van der Waals surface area contributed by atoms with E-state index in [0.29, 0.717) is 6.10 Å². The Balaban J connectivity index is 1.85. The molecule has 0 heterocycles. The molecular weight excluding hydrogens is 198 g/mol. The zero-order valence-corrected chi connectivity index (χ0v) is 10.3. The molecule has 0 aliphatic heterocycles. The van der Waals surface area contributed by atoms with Gasteiger partial charge in [0.25, 0.3) is 0 Å². The lowest BCUT2D eigenvalue weighted by Gasteiger charge is -2.34. The van der Waals surface area contributed by atoms with E-state index in [-0.39, 0.29) is 12.0 Å². The van der Waals surface area contributed by atoms with Crippen LogP contribution in [0.2, 0.25) is 0 Å². The third-order valence-electron chi connectivity index (χ3n) is 4.12. The fourth-order valence-electron chi connectivity index (χ4n) is 3.16. The molecule has 0 spiro atoms. The molecular formula is C14H23NO. The standard InChI is InChI=1S/C14H23NO/c1-11-5-4-7-13(9-11)16-14-8-3-2-6-12(14)10-15/h11-14H,2-9H2,1H3.